The molecule has 7 heteroatoms. The number of thiazole rings is 1. The topological polar surface area (TPSA) is 59.5 Å². The molecule has 0 aliphatic heterocycles. The van der Waals surface area contributed by atoms with Crippen LogP contribution in [0.2, 0.25) is 5.02 Å². The summed E-state index contributed by atoms with van der Waals surface area (Å²) in [6.45, 7) is 1.45. The van der Waals surface area contributed by atoms with Gasteiger partial charge in [-0.1, -0.05) is 23.7 Å². The van der Waals surface area contributed by atoms with Gasteiger partial charge in [-0.25, -0.2) is 9.78 Å². The molecule has 1 heterocycles. The number of hydrogen-bond acceptors (Lipinski definition) is 5. The maximum atomic E-state index is 12.1. The lowest BCUT2D eigenvalue weighted by atomic mass is 10.2. The summed E-state index contributed by atoms with van der Waals surface area (Å²) in [7, 11) is 3.21. The fraction of sp³-hybridized carbons (Fsp3) is 0.267. The van der Waals surface area contributed by atoms with Gasteiger partial charge in [0.2, 0.25) is 0 Å². The molecule has 0 saturated heterocycles. The summed E-state index contributed by atoms with van der Waals surface area (Å²) in [6, 6.07) is 7.25. The molecule has 0 aliphatic rings. The van der Waals surface area contributed by atoms with Gasteiger partial charge in [0.05, 0.1) is 5.69 Å². The smallest absolute Gasteiger partial charge is 0.350 e. The highest BCUT2D eigenvalue weighted by Crippen LogP contribution is 2.29. The van der Waals surface area contributed by atoms with Crippen LogP contribution in [0.15, 0.2) is 24.3 Å². The Morgan fingerprint density at radius 2 is 2.09 bits per heavy atom. The quantitative estimate of drug-likeness (QED) is 0.804. The Labute approximate surface area is 137 Å². The van der Waals surface area contributed by atoms with Crippen molar-refractivity contribution in [1.29, 1.82) is 0 Å². The molecule has 0 N–H and O–H groups in total. The Kier molecular flexibility index (Phi) is 5.15. The number of amides is 1. The fourth-order valence-electron chi connectivity index (χ4n) is 1.65. The van der Waals surface area contributed by atoms with E-state index in [1.54, 1.807) is 33.2 Å². The van der Waals surface area contributed by atoms with Crippen molar-refractivity contribution in [2.24, 2.45) is 0 Å². The standard InChI is InChI=1S/C15H15ClN2O3S/c1-9-13(15(20)21-8-12(19)18(2)3)22-14(17-9)10-5-4-6-11(16)7-10/h4-7H,8H2,1-3H3. The van der Waals surface area contributed by atoms with Gasteiger partial charge in [-0.15, -0.1) is 11.3 Å². The summed E-state index contributed by atoms with van der Waals surface area (Å²) in [4.78, 5) is 29.6. The number of aryl methyl sites for hydroxylation is 1. The number of halogens is 1. The third-order valence-electron chi connectivity index (χ3n) is 2.88. The number of carbonyl (C=O) groups excluding carboxylic acids is 2. The molecule has 0 aliphatic carbocycles. The van der Waals surface area contributed by atoms with E-state index in [2.05, 4.69) is 4.98 Å². The highest BCUT2D eigenvalue weighted by molar-refractivity contribution is 7.17. The first-order valence-electron chi connectivity index (χ1n) is 6.49. The van der Waals surface area contributed by atoms with Gasteiger partial charge >= 0.3 is 5.97 Å². The highest BCUT2D eigenvalue weighted by Gasteiger charge is 2.19. The van der Waals surface area contributed by atoms with E-state index in [0.717, 1.165) is 5.56 Å². The van der Waals surface area contributed by atoms with Crippen molar-refractivity contribution in [2.45, 2.75) is 6.92 Å². The number of benzene rings is 1. The first-order valence-corrected chi connectivity index (χ1v) is 7.68. The van der Waals surface area contributed by atoms with Gasteiger partial charge in [0.15, 0.2) is 6.61 Å². The minimum Gasteiger partial charge on any atom is -0.451 e. The van der Waals surface area contributed by atoms with Crippen LogP contribution >= 0.6 is 22.9 Å². The molecular weight excluding hydrogens is 324 g/mol. The summed E-state index contributed by atoms with van der Waals surface area (Å²) in [5.41, 5.74) is 1.41. The maximum absolute atomic E-state index is 12.1. The molecule has 0 bridgehead atoms. The molecule has 2 rings (SSSR count). The van der Waals surface area contributed by atoms with Crippen molar-refractivity contribution in [3.05, 3.63) is 39.9 Å². The number of aromatic nitrogens is 1. The predicted octanol–water partition coefficient (Wildman–Crippen LogP) is 3.02. The van der Waals surface area contributed by atoms with Crippen molar-refractivity contribution in [1.82, 2.24) is 9.88 Å². The lowest BCUT2D eigenvalue weighted by Gasteiger charge is -2.09. The van der Waals surface area contributed by atoms with Crippen molar-refractivity contribution >= 4 is 34.8 Å². The minimum atomic E-state index is -0.543. The lowest BCUT2D eigenvalue weighted by Crippen LogP contribution is -2.27. The Morgan fingerprint density at radius 3 is 2.73 bits per heavy atom. The number of ether oxygens (including phenoxy) is 1. The first kappa shape index (κ1) is 16.5. The monoisotopic (exact) mass is 338 g/mol. The van der Waals surface area contributed by atoms with Crippen LogP contribution in [-0.2, 0) is 9.53 Å². The number of carbonyl (C=O) groups is 2. The summed E-state index contributed by atoms with van der Waals surface area (Å²) >= 11 is 7.18. The van der Waals surface area contributed by atoms with Gasteiger partial charge in [-0.05, 0) is 19.1 Å². The van der Waals surface area contributed by atoms with E-state index < -0.39 is 5.97 Å². The van der Waals surface area contributed by atoms with Crippen molar-refractivity contribution in [3.63, 3.8) is 0 Å². The summed E-state index contributed by atoms with van der Waals surface area (Å²) < 4.78 is 5.02. The average molecular weight is 339 g/mol. The average Bonchev–Trinajstić information content (AvgIpc) is 2.86. The van der Waals surface area contributed by atoms with Gasteiger partial charge < -0.3 is 9.64 Å². The zero-order valence-corrected chi connectivity index (χ0v) is 14.0. The second kappa shape index (κ2) is 6.89. The largest absolute Gasteiger partial charge is 0.451 e. The van der Waals surface area contributed by atoms with Gasteiger partial charge in [-0.2, -0.15) is 0 Å². The number of likely N-dealkylation sites (N-methyl/N-ethyl adjacent to an activating group) is 1. The first-order chi connectivity index (χ1) is 10.4. The molecule has 5 nitrogen and oxygen atoms in total. The molecule has 0 fully saturated rings. The molecule has 116 valence electrons. The molecule has 2 aromatic rings. The molecule has 1 aromatic heterocycles. The molecule has 1 aromatic carbocycles. The molecule has 0 saturated carbocycles. The van der Waals surface area contributed by atoms with Crippen molar-refractivity contribution in [2.75, 3.05) is 20.7 Å². The molecule has 0 radical (unpaired) electrons. The molecule has 0 unspecified atom stereocenters. The van der Waals surface area contributed by atoms with Crippen molar-refractivity contribution < 1.29 is 14.3 Å². The van der Waals surface area contributed by atoms with Crippen LogP contribution in [0.5, 0.6) is 0 Å². The van der Waals surface area contributed by atoms with E-state index in [9.17, 15) is 9.59 Å². The van der Waals surface area contributed by atoms with Crippen LogP contribution < -0.4 is 0 Å². The van der Waals surface area contributed by atoms with Crippen LogP contribution in [0.25, 0.3) is 10.6 Å². The van der Waals surface area contributed by atoms with E-state index in [0.29, 0.717) is 20.6 Å². The second-order valence-electron chi connectivity index (χ2n) is 4.81. The van der Waals surface area contributed by atoms with Gasteiger partial charge in [0.25, 0.3) is 5.91 Å². The third kappa shape index (κ3) is 3.84. The SMILES string of the molecule is Cc1nc(-c2cccc(Cl)c2)sc1C(=O)OCC(=O)N(C)C. The number of esters is 1. The highest BCUT2D eigenvalue weighted by atomic mass is 35.5. The van der Waals surface area contributed by atoms with E-state index in [1.165, 1.54) is 16.2 Å². The zero-order valence-electron chi connectivity index (χ0n) is 12.4. The lowest BCUT2D eigenvalue weighted by molar-refractivity contribution is -0.131. The normalized spacial score (nSPS) is 10.4. The minimum absolute atomic E-state index is 0.273. The van der Waals surface area contributed by atoms with E-state index in [-0.39, 0.29) is 12.5 Å². The van der Waals surface area contributed by atoms with E-state index in [4.69, 9.17) is 16.3 Å². The van der Waals surface area contributed by atoms with Gasteiger partial charge in [-0.3, -0.25) is 4.79 Å². The maximum Gasteiger partial charge on any atom is 0.350 e. The summed E-state index contributed by atoms with van der Waals surface area (Å²) in [5.74, 6) is -0.816. The van der Waals surface area contributed by atoms with Crippen LogP contribution in [-0.4, -0.2) is 42.5 Å². The zero-order chi connectivity index (χ0) is 16.3. The molecule has 0 atom stereocenters. The fourth-order valence-corrected chi connectivity index (χ4v) is 2.80. The Bertz CT molecular complexity index is 713. The van der Waals surface area contributed by atoms with E-state index in [1.807, 2.05) is 12.1 Å². The Balaban J connectivity index is 2.16. The Morgan fingerprint density at radius 1 is 1.36 bits per heavy atom. The summed E-state index contributed by atoms with van der Waals surface area (Å²) in [5, 5.41) is 1.29. The number of rotatable bonds is 4. The predicted molar refractivity (Wildman–Crippen MR) is 86.3 cm³/mol. The van der Waals surface area contributed by atoms with Gasteiger partial charge in [0.1, 0.15) is 9.88 Å². The molecule has 0 spiro atoms. The van der Waals surface area contributed by atoms with Crippen molar-refractivity contribution in [3.8, 4) is 10.6 Å². The molecular formula is C15H15ClN2O3S. The van der Waals surface area contributed by atoms with Crippen LogP contribution in [0.4, 0.5) is 0 Å². The van der Waals surface area contributed by atoms with E-state index >= 15 is 0 Å². The van der Waals surface area contributed by atoms with Gasteiger partial charge in [0, 0.05) is 24.7 Å². The number of hydrogen-bond donors (Lipinski definition) is 0. The van der Waals surface area contributed by atoms with Crippen LogP contribution in [0.1, 0.15) is 15.4 Å². The van der Waals surface area contributed by atoms with Crippen LogP contribution in [0.3, 0.4) is 0 Å². The number of nitrogens with zero attached hydrogens (tertiary/aromatic N) is 2. The van der Waals surface area contributed by atoms with Crippen LogP contribution in [0, 0.1) is 6.92 Å². The molecule has 1 amide bonds. The third-order valence-corrected chi connectivity index (χ3v) is 4.30. The second-order valence-corrected chi connectivity index (χ2v) is 6.24. The Hall–Kier alpha value is -1.92. The summed E-state index contributed by atoms with van der Waals surface area (Å²) in [6.07, 6.45) is 0. The molecule has 22 heavy (non-hydrogen) atoms.